The third-order valence-electron chi connectivity index (χ3n) is 4.16. The molecular formula is C17H33N7O5S2. The fraction of sp³-hybridized carbons (Fsp3) is 0.706. The van der Waals surface area contributed by atoms with Crippen LogP contribution in [0.5, 0.6) is 0 Å². The number of nitrogens with zero attached hydrogens (tertiary/aromatic N) is 1. The Balaban J connectivity index is 5.35. The van der Waals surface area contributed by atoms with Crippen LogP contribution in [0.15, 0.2) is 4.99 Å². The Kier molecular flexibility index (Phi) is 13.7. The lowest BCUT2D eigenvalue weighted by atomic mass is 10.0. The summed E-state index contributed by atoms with van der Waals surface area (Å²) in [6, 6.07) is -4.20. The molecule has 0 rings (SSSR count). The highest BCUT2D eigenvalue weighted by molar-refractivity contribution is 7.80. The lowest BCUT2D eigenvalue weighted by Gasteiger charge is -2.25. The van der Waals surface area contributed by atoms with Gasteiger partial charge in [-0.2, -0.15) is 25.3 Å². The highest BCUT2D eigenvalue weighted by Crippen LogP contribution is 2.06. The third kappa shape index (κ3) is 11.1. The summed E-state index contributed by atoms with van der Waals surface area (Å²) in [5, 5.41) is 16.7. The maximum Gasteiger partial charge on any atom is 0.326 e. The predicted molar refractivity (Wildman–Crippen MR) is 124 cm³/mol. The molecule has 0 spiro atoms. The van der Waals surface area contributed by atoms with Crippen LogP contribution < -0.4 is 33.2 Å². The number of carboxylic acids is 1. The molecule has 0 fully saturated rings. The monoisotopic (exact) mass is 479 g/mol. The van der Waals surface area contributed by atoms with Crippen molar-refractivity contribution >= 4 is 54.9 Å². The molecule has 178 valence electrons. The van der Waals surface area contributed by atoms with Crippen molar-refractivity contribution in [1.82, 2.24) is 16.0 Å². The van der Waals surface area contributed by atoms with Gasteiger partial charge in [0, 0.05) is 18.1 Å². The molecule has 0 aliphatic heterocycles. The van der Waals surface area contributed by atoms with E-state index in [2.05, 4.69) is 46.2 Å². The first-order valence-corrected chi connectivity index (χ1v) is 10.9. The van der Waals surface area contributed by atoms with Crippen LogP contribution in [-0.2, 0) is 19.2 Å². The van der Waals surface area contributed by atoms with Crippen molar-refractivity contribution < 1.29 is 24.3 Å². The van der Waals surface area contributed by atoms with Crippen LogP contribution in [0.4, 0.5) is 0 Å². The van der Waals surface area contributed by atoms with E-state index in [9.17, 15) is 24.3 Å². The number of hydrogen-bond acceptors (Lipinski definition) is 8. The van der Waals surface area contributed by atoms with E-state index in [1.165, 1.54) is 0 Å². The number of aliphatic imine (C=N–C) groups is 1. The fourth-order valence-electron chi connectivity index (χ4n) is 2.37. The lowest BCUT2D eigenvalue weighted by Crippen LogP contribution is -2.58. The summed E-state index contributed by atoms with van der Waals surface area (Å²) in [6.07, 6.45) is 0.459. The first-order chi connectivity index (χ1) is 14.4. The van der Waals surface area contributed by atoms with Gasteiger partial charge >= 0.3 is 5.97 Å². The summed E-state index contributed by atoms with van der Waals surface area (Å²) in [5.74, 6) is -3.62. The number of hydrogen-bond donors (Lipinski definition) is 9. The molecule has 4 unspecified atom stereocenters. The fourth-order valence-corrected chi connectivity index (χ4v) is 2.79. The SMILES string of the molecule is CC(C)C(NC(=O)C(CCCN=C(N)N)NC(=O)C(CS)NC(=O)C(N)CS)C(=O)O. The molecule has 31 heavy (non-hydrogen) atoms. The number of carbonyl (C=O) groups is 4. The molecule has 0 aliphatic carbocycles. The molecule has 0 aromatic heterocycles. The number of nitrogens with two attached hydrogens (primary N) is 3. The zero-order valence-electron chi connectivity index (χ0n) is 17.6. The standard InChI is InChI=1S/C17H33N7O5S2/c1-8(2)12(16(28)29)24-14(26)10(4-3-5-21-17(19)20)22-15(27)11(7-31)23-13(25)9(18)6-30/h8-12,30-31H,3-7,18H2,1-2H3,(H,22,27)(H,23,25)(H,24,26)(H,28,29)(H4,19,20,21). The second kappa shape index (κ2) is 14.8. The molecule has 0 bridgehead atoms. The highest BCUT2D eigenvalue weighted by Gasteiger charge is 2.30. The van der Waals surface area contributed by atoms with Gasteiger partial charge in [-0.1, -0.05) is 13.8 Å². The van der Waals surface area contributed by atoms with Crippen molar-refractivity contribution in [3.05, 3.63) is 0 Å². The molecule has 0 aliphatic rings. The van der Waals surface area contributed by atoms with Crippen LogP contribution >= 0.6 is 25.3 Å². The van der Waals surface area contributed by atoms with E-state index in [1.54, 1.807) is 13.8 Å². The van der Waals surface area contributed by atoms with Crippen molar-refractivity contribution in [2.24, 2.45) is 28.1 Å². The van der Waals surface area contributed by atoms with E-state index in [4.69, 9.17) is 17.2 Å². The van der Waals surface area contributed by atoms with Gasteiger partial charge in [-0.3, -0.25) is 19.4 Å². The number of guanidine groups is 1. The molecule has 0 radical (unpaired) electrons. The van der Waals surface area contributed by atoms with Crippen LogP contribution in [0.2, 0.25) is 0 Å². The second-order valence-electron chi connectivity index (χ2n) is 7.11. The normalized spacial score (nSPS) is 14.6. The zero-order chi connectivity index (χ0) is 24.1. The molecule has 3 amide bonds. The molecule has 10 N–H and O–H groups in total. The largest absolute Gasteiger partial charge is 0.480 e. The minimum atomic E-state index is -1.20. The summed E-state index contributed by atoms with van der Waals surface area (Å²) in [5.41, 5.74) is 16.1. The summed E-state index contributed by atoms with van der Waals surface area (Å²) in [7, 11) is 0. The Morgan fingerprint density at radius 2 is 1.48 bits per heavy atom. The number of aliphatic carboxylic acids is 1. The van der Waals surface area contributed by atoms with Crippen LogP contribution in [0.25, 0.3) is 0 Å². The van der Waals surface area contributed by atoms with Gasteiger partial charge in [0.2, 0.25) is 17.7 Å². The van der Waals surface area contributed by atoms with Crippen LogP contribution in [-0.4, -0.2) is 77.0 Å². The van der Waals surface area contributed by atoms with Gasteiger partial charge in [0.1, 0.15) is 18.1 Å². The molecule has 0 saturated carbocycles. The van der Waals surface area contributed by atoms with Crippen molar-refractivity contribution in [2.45, 2.75) is 50.9 Å². The average molecular weight is 480 g/mol. The minimum absolute atomic E-state index is 0.0526. The van der Waals surface area contributed by atoms with Crippen molar-refractivity contribution in [1.29, 1.82) is 0 Å². The quantitative estimate of drug-likeness (QED) is 0.0557. The molecule has 12 nitrogen and oxygen atoms in total. The second-order valence-corrected chi connectivity index (χ2v) is 7.84. The molecular weight excluding hydrogens is 446 g/mol. The van der Waals surface area contributed by atoms with E-state index in [1.807, 2.05) is 0 Å². The molecule has 0 aromatic carbocycles. The van der Waals surface area contributed by atoms with Gasteiger partial charge in [0.15, 0.2) is 5.96 Å². The maximum absolute atomic E-state index is 12.7. The highest BCUT2D eigenvalue weighted by atomic mass is 32.1. The number of carbonyl (C=O) groups excluding carboxylic acids is 3. The van der Waals surface area contributed by atoms with Crippen LogP contribution in [0.3, 0.4) is 0 Å². The summed E-state index contributed by atoms with van der Waals surface area (Å²) < 4.78 is 0. The molecule has 14 heteroatoms. The number of rotatable bonds is 14. The van der Waals surface area contributed by atoms with Gasteiger partial charge in [0.25, 0.3) is 0 Å². The first kappa shape index (κ1) is 28.8. The van der Waals surface area contributed by atoms with Gasteiger partial charge in [0.05, 0.1) is 6.04 Å². The van der Waals surface area contributed by atoms with E-state index in [0.29, 0.717) is 6.42 Å². The van der Waals surface area contributed by atoms with Gasteiger partial charge in [-0.25, -0.2) is 4.79 Å². The molecule has 0 saturated heterocycles. The summed E-state index contributed by atoms with van der Waals surface area (Å²) in [4.78, 5) is 52.5. The zero-order valence-corrected chi connectivity index (χ0v) is 19.4. The lowest BCUT2D eigenvalue weighted by molar-refractivity contribution is -0.143. The summed E-state index contributed by atoms with van der Waals surface area (Å²) in [6.45, 7) is 3.49. The maximum atomic E-state index is 12.7. The van der Waals surface area contributed by atoms with E-state index >= 15 is 0 Å². The number of carboxylic acid groups (broad SMARTS) is 1. The molecule has 0 heterocycles. The number of amides is 3. The molecule has 4 atom stereocenters. The van der Waals surface area contributed by atoms with Crippen LogP contribution in [0, 0.1) is 5.92 Å². The third-order valence-corrected chi connectivity index (χ3v) is 4.92. The van der Waals surface area contributed by atoms with Gasteiger partial charge in [-0.15, -0.1) is 0 Å². The van der Waals surface area contributed by atoms with Gasteiger partial charge in [-0.05, 0) is 18.8 Å². The van der Waals surface area contributed by atoms with Crippen molar-refractivity contribution in [3.8, 4) is 0 Å². The topological polar surface area (TPSA) is 215 Å². The van der Waals surface area contributed by atoms with Crippen LogP contribution in [0.1, 0.15) is 26.7 Å². The Labute approximate surface area is 192 Å². The Hall–Kier alpha value is -2.19. The Bertz CT molecular complexity index is 659. The predicted octanol–water partition coefficient (Wildman–Crippen LogP) is -2.58. The van der Waals surface area contributed by atoms with E-state index < -0.39 is 47.9 Å². The van der Waals surface area contributed by atoms with Crippen molar-refractivity contribution in [3.63, 3.8) is 0 Å². The first-order valence-electron chi connectivity index (χ1n) is 9.61. The Morgan fingerprint density at radius 3 is 1.94 bits per heavy atom. The Morgan fingerprint density at radius 1 is 0.935 bits per heavy atom. The number of nitrogens with one attached hydrogen (secondary N) is 3. The number of thiol groups is 2. The smallest absolute Gasteiger partial charge is 0.326 e. The van der Waals surface area contributed by atoms with Gasteiger partial charge < -0.3 is 38.3 Å². The summed E-state index contributed by atoms with van der Waals surface area (Å²) >= 11 is 7.99. The van der Waals surface area contributed by atoms with Crippen molar-refractivity contribution in [2.75, 3.05) is 18.1 Å². The van der Waals surface area contributed by atoms with E-state index in [-0.39, 0.29) is 36.3 Å². The minimum Gasteiger partial charge on any atom is -0.480 e. The van der Waals surface area contributed by atoms with E-state index in [0.717, 1.165) is 0 Å². The molecule has 0 aromatic rings. The average Bonchev–Trinajstić information content (AvgIpc) is 2.70.